The lowest BCUT2D eigenvalue weighted by atomic mass is 10.5. The van der Waals surface area contributed by atoms with E-state index in [0.717, 1.165) is 16.7 Å². The van der Waals surface area contributed by atoms with Crippen molar-refractivity contribution in [3.05, 3.63) is 24.7 Å². The number of hydrogen-bond donors (Lipinski definition) is 1. The molecule has 0 aliphatic heterocycles. The molecule has 5 nitrogen and oxygen atoms in total. The molecule has 0 spiro atoms. The number of hydrogen-bond acceptors (Lipinski definition) is 5. The van der Waals surface area contributed by atoms with E-state index in [4.69, 9.17) is 0 Å². The molecule has 0 aliphatic rings. The van der Waals surface area contributed by atoms with E-state index in [2.05, 4.69) is 20.4 Å². The van der Waals surface area contributed by atoms with E-state index < -0.39 is 0 Å². The average molecular weight is 221 g/mol. The van der Waals surface area contributed by atoms with Crippen LogP contribution in [0.5, 0.6) is 0 Å². The van der Waals surface area contributed by atoms with Gasteiger partial charge in [-0.1, -0.05) is 0 Å². The summed E-state index contributed by atoms with van der Waals surface area (Å²) < 4.78 is 1.74. The second kappa shape index (κ2) is 4.31. The second-order valence-electron chi connectivity index (χ2n) is 2.95. The lowest BCUT2D eigenvalue weighted by molar-refractivity contribution is 0.771. The quantitative estimate of drug-likeness (QED) is 0.631. The van der Waals surface area contributed by atoms with Crippen LogP contribution in [0.25, 0.3) is 0 Å². The van der Waals surface area contributed by atoms with Gasteiger partial charge in [0, 0.05) is 25.4 Å². The Kier molecular flexibility index (Phi) is 2.86. The Bertz CT molecular complexity index is 453. The molecule has 15 heavy (non-hydrogen) atoms. The van der Waals surface area contributed by atoms with Crippen LogP contribution >= 0.6 is 11.8 Å². The summed E-state index contributed by atoms with van der Waals surface area (Å²) in [5.41, 5.74) is 0. The van der Waals surface area contributed by atoms with Crippen LogP contribution in [0, 0.1) is 0 Å². The monoisotopic (exact) mass is 221 g/mol. The number of thioether (sulfide) groups is 1. The van der Waals surface area contributed by atoms with Crippen LogP contribution in [-0.2, 0) is 7.05 Å². The van der Waals surface area contributed by atoms with E-state index in [1.165, 1.54) is 6.33 Å². The van der Waals surface area contributed by atoms with E-state index in [9.17, 15) is 0 Å². The minimum absolute atomic E-state index is 0.757. The Balaban J connectivity index is 2.16. The highest BCUT2D eigenvalue weighted by Crippen LogP contribution is 2.16. The molecule has 2 rings (SSSR count). The minimum Gasteiger partial charge on any atom is -0.323 e. The number of rotatable bonds is 3. The fourth-order valence-electron chi connectivity index (χ4n) is 1.13. The predicted octanol–water partition coefficient (Wildman–Crippen LogP) is 1.68. The first kappa shape index (κ1) is 9.97. The Hall–Kier alpha value is -1.56. The molecule has 0 fully saturated rings. The Morgan fingerprint density at radius 1 is 1.33 bits per heavy atom. The van der Waals surface area contributed by atoms with E-state index in [1.807, 2.05) is 31.6 Å². The van der Waals surface area contributed by atoms with Gasteiger partial charge in [0.25, 0.3) is 0 Å². The van der Waals surface area contributed by atoms with Crippen LogP contribution in [0.4, 0.5) is 11.6 Å². The molecule has 0 bridgehead atoms. The van der Waals surface area contributed by atoms with Gasteiger partial charge in [-0.2, -0.15) is 5.10 Å². The molecule has 0 saturated heterocycles. The largest absolute Gasteiger partial charge is 0.323 e. The Labute approximate surface area is 91.9 Å². The molecular formula is C9H11N5S. The molecule has 2 aromatic rings. The highest BCUT2D eigenvalue weighted by Gasteiger charge is 2.00. The number of aromatic nitrogens is 4. The van der Waals surface area contributed by atoms with Gasteiger partial charge in [-0.3, -0.25) is 4.68 Å². The number of nitrogens with one attached hydrogen (secondary N) is 1. The van der Waals surface area contributed by atoms with Crippen molar-refractivity contribution in [1.29, 1.82) is 0 Å². The smallest absolute Gasteiger partial charge is 0.153 e. The van der Waals surface area contributed by atoms with Crippen molar-refractivity contribution in [1.82, 2.24) is 19.7 Å². The molecule has 0 aliphatic carbocycles. The predicted molar refractivity (Wildman–Crippen MR) is 60.3 cm³/mol. The standard InChI is InChI=1S/C9H11N5S/c1-14-4-3-7(13-14)12-8-5-9(15-2)11-6-10-8/h3-6H,1-2H3,(H,10,11,12,13). The van der Waals surface area contributed by atoms with Crippen LogP contribution < -0.4 is 5.32 Å². The van der Waals surface area contributed by atoms with E-state index in [0.29, 0.717) is 0 Å². The molecule has 78 valence electrons. The van der Waals surface area contributed by atoms with Crippen LogP contribution in [0.15, 0.2) is 29.7 Å². The summed E-state index contributed by atoms with van der Waals surface area (Å²) >= 11 is 1.58. The molecular weight excluding hydrogens is 210 g/mol. The molecule has 2 aromatic heterocycles. The molecule has 0 saturated carbocycles. The van der Waals surface area contributed by atoms with E-state index in [1.54, 1.807) is 16.4 Å². The maximum absolute atomic E-state index is 4.20. The summed E-state index contributed by atoms with van der Waals surface area (Å²) in [5.74, 6) is 1.54. The van der Waals surface area contributed by atoms with Gasteiger partial charge in [-0.05, 0) is 6.26 Å². The molecule has 0 atom stereocenters. The third-order valence-electron chi connectivity index (χ3n) is 1.82. The Morgan fingerprint density at radius 2 is 2.20 bits per heavy atom. The van der Waals surface area contributed by atoms with Crippen molar-refractivity contribution in [2.45, 2.75) is 5.03 Å². The fraction of sp³-hybridized carbons (Fsp3) is 0.222. The van der Waals surface area contributed by atoms with Gasteiger partial charge in [-0.15, -0.1) is 11.8 Å². The van der Waals surface area contributed by atoms with Crippen LogP contribution in [0.2, 0.25) is 0 Å². The zero-order valence-electron chi connectivity index (χ0n) is 8.51. The van der Waals surface area contributed by atoms with Gasteiger partial charge in [-0.25, -0.2) is 9.97 Å². The second-order valence-corrected chi connectivity index (χ2v) is 3.77. The van der Waals surface area contributed by atoms with Crippen LogP contribution in [-0.4, -0.2) is 26.0 Å². The summed E-state index contributed by atoms with van der Waals surface area (Å²) in [6.07, 6.45) is 5.39. The zero-order valence-corrected chi connectivity index (χ0v) is 9.32. The fourth-order valence-corrected chi connectivity index (χ4v) is 1.51. The first-order valence-corrected chi connectivity index (χ1v) is 5.63. The van der Waals surface area contributed by atoms with Crippen molar-refractivity contribution in [3.63, 3.8) is 0 Å². The lowest BCUT2D eigenvalue weighted by Crippen LogP contribution is -1.96. The molecule has 6 heteroatoms. The highest BCUT2D eigenvalue weighted by atomic mass is 32.2. The zero-order chi connectivity index (χ0) is 10.7. The summed E-state index contributed by atoms with van der Waals surface area (Å²) in [7, 11) is 1.87. The van der Waals surface area contributed by atoms with Gasteiger partial charge in [0.2, 0.25) is 0 Å². The summed E-state index contributed by atoms with van der Waals surface area (Å²) in [6, 6.07) is 3.78. The molecule has 0 amide bonds. The van der Waals surface area contributed by atoms with Crippen molar-refractivity contribution in [2.24, 2.45) is 7.05 Å². The highest BCUT2D eigenvalue weighted by molar-refractivity contribution is 7.98. The van der Waals surface area contributed by atoms with Crippen molar-refractivity contribution < 1.29 is 0 Å². The topological polar surface area (TPSA) is 55.6 Å². The first-order chi connectivity index (χ1) is 7.28. The van der Waals surface area contributed by atoms with E-state index >= 15 is 0 Å². The number of anilines is 2. The Morgan fingerprint density at radius 3 is 2.87 bits per heavy atom. The summed E-state index contributed by atoms with van der Waals surface area (Å²) in [6.45, 7) is 0. The van der Waals surface area contributed by atoms with Gasteiger partial charge in [0.15, 0.2) is 5.82 Å². The van der Waals surface area contributed by atoms with Crippen LogP contribution in [0.1, 0.15) is 0 Å². The molecule has 2 heterocycles. The average Bonchev–Trinajstić information content (AvgIpc) is 2.64. The number of aryl methyl sites for hydroxylation is 1. The van der Waals surface area contributed by atoms with Gasteiger partial charge < -0.3 is 5.32 Å². The number of nitrogens with zero attached hydrogens (tertiary/aromatic N) is 4. The minimum atomic E-state index is 0.757. The van der Waals surface area contributed by atoms with Crippen molar-refractivity contribution >= 4 is 23.4 Å². The third-order valence-corrected chi connectivity index (χ3v) is 2.46. The maximum Gasteiger partial charge on any atom is 0.153 e. The molecule has 1 N–H and O–H groups in total. The van der Waals surface area contributed by atoms with Gasteiger partial charge in [0.1, 0.15) is 17.2 Å². The molecule has 0 radical (unpaired) electrons. The normalized spacial score (nSPS) is 10.3. The third kappa shape index (κ3) is 2.47. The SMILES string of the molecule is CSc1cc(Nc2ccn(C)n2)ncn1. The summed E-state index contributed by atoms with van der Waals surface area (Å²) in [4.78, 5) is 8.20. The molecule has 0 aromatic carbocycles. The maximum atomic E-state index is 4.20. The van der Waals surface area contributed by atoms with Gasteiger partial charge in [0.05, 0.1) is 0 Å². The van der Waals surface area contributed by atoms with E-state index in [-0.39, 0.29) is 0 Å². The van der Waals surface area contributed by atoms with Crippen LogP contribution in [0.3, 0.4) is 0 Å². The summed E-state index contributed by atoms with van der Waals surface area (Å²) in [5, 5.41) is 8.24. The molecule has 0 unspecified atom stereocenters. The first-order valence-electron chi connectivity index (χ1n) is 4.40. The van der Waals surface area contributed by atoms with Crippen molar-refractivity contribution in [3.8, 4) is 0 Å². The lowest BCUT2D eigenvalue weighted by Gasteiger charge is -2.02. The van der Waals surface area contributed by atoms with Crippen molar-refractivity contribution in [2.75, 3.05) is 11.6 Å². The van der Waals surface area contributed by atoms with Gasteiger partial charge >= 0.3 is 0 Å².